The van der Waals surface area contributed by atoms with Crippen LogP contribution in [0.2, 0.25) is 0 Å². The summed E-state index contributed by atoms with van der Waals surface area (Å²) in [6.07, 6.45) is 0. The molecule has 0 saturated carbocycles. The summed E-state index contributed by atoms with van der Waals surface area (Å²) in [5, 5.41) is 8.34. The van der Waals surface area contributed by atoms with Crippen molar-refractivity contribution in [2.45, 2.75) is 26.8 Å². The van der Waals surface area contributed by atoms with Crippen LogP contribution in [0.3, 0.4) is 0 Å². The number of nitrogens with one attached hydrogen (secondary N) is 3. The first kappa shape index (κ1) is 16.5. The maximum absolute atomic E-state index is 11.9. The number of piperazine rings is 1. The maximum Gasteiger partial charge on any atom is 0.325 e. The van der Waals surface area contributed by atoms with E-state index in [2.05, 4.69) is 27.8 Å². The van der Waals surface area contributed by atoms with Gasteiger partial charge >= 0.3 is 6.03 Å². The highest BCUT2D eigenvalue weighted by Crippen LogP contribution is 2.13. The van der Waals surface area contributed by atoms with Gasteiger partial charge in [-0.15, -0.1) is 0 Å². The number of carbonyl (C=O) groups is 2. The molecule has 0 spiro atoms. The molecule has 6 heteroatoms. The Hall–Kier alpha value is -1.92. The molecule has 0 aliphatic carbocycles. The molecule has 1 atom stereocenters. The highest BCUT2D eigenvalue weighted by Gasteiger charge is 2.21. The van der Waals surface area contributed by atoms with Gasteiger partial charge in [-0.3, -0.25) is 15.0 Å². The number of urea groups is 1. The average molecular weight is 304 g/mol. The number of anilines is 1. The minimum Gasteiger partial charge on any atom is -0.314 e. The summed E-state index contributed by atoms with van der Waals surface area (Å²) in [7, 11) is 0. The molecule has 0 radical (unpaired) electrons. The van der Waals surface area contributed by atoms with E-state index in [0.717, 1.165) is 30.8 Å². The Bertz CT molecular complexity index is 559. The van der Waals surface area contributed by atoms with Gasteiger partial charge in [0.25, 0.3) is 0 Å². The zero-order chi connectivity index (χ0) is 16.1. The SMILES string of the molecule is Cc1ccc(NC(=O)NC(=O)CN2CCNC[C@@H]2C)cc1C. The minimum absolute atomic E-state index is 0.239. The average Bonchev–Trinajstić information content (AvgIpc) is 2.45. The molecule has 1 aliphatic heterocycles. The number of benzene rings is 1. The number of hydrogen-bond donors (Lipinski definition) is 3. The van der Waals surface area contributed by atoms with Gasteiger partial charge < -0.3 is 10.6 Å². The second-order valence-corrected chi connectivity index (χ2v) is 5.82. The highest BCUT2D eigenvalue weighted by atomic mass is 16.2. The van der Waals surface area contributed by atoms with Crippen molar-refractivity contribution >= 4 is 17.6 Å². The first-order valence-electron chi connectivity index (χ1n) is 7.58. The van der Waals surface area contributed by atoms with E-state index in [0.29, 0.717) is 11.7 Å². The van der Waals surface area contributed by atoms with E-state index in [1.807, 2.05) is 32.0 Å². The third kappa shape index (κ3) is 4.54. The van der Waals surface area contributed by atoms with Gasteiger partial charge in [-0.05, 0) is 44.0 Å². The fraction of sp³-hybridized carbons (Fsp3) is 0.500. The number of carbonyl (C=O) groups excluding carboxylic acids is 2. The van der Waals surface area contributed by atoms with Crippen LogP contribution in [0.15, 0.2) is 18.2 Å². The summed E-state index contributed by atoms with van der Waals surface area (Å²) in [5.74, 6) is -0.282. The lowest BCUT2D eigenvalue weighted by molar-refractivity contribution is -0.121. The van der Waals surface area contributed by atoms with Crippen molar-refractivity contribution in [3.8, 4) is 0 Å². The Kier molecular flexibility index (Phi) is 5.51. The number of amides is 3. The van der Waals surface area contributed by atoms with Gasteiger partial charge in [-0.25, -0.2) is 4.79 Å². The molecule has 1 heterocycles. The lowest BCUT2D eigenvalue weighted by Crippen LogP contribution is -2.53. The van der Waals surface area contributed by atoms with Gasteiger partial charge in [-0.1, -0.05) is 6.07 Å². The first-order chi connectivity index (χ1) is 10.5. The maximum atomic E-state index is 11.9. The minimum atomic E-state index is -0.490. The van der Waals surface area contributed by atoms with E-state index >= 15 is 0 Å². The number of nitrogens with zero attached hydrogens (tertiary/aromatic N) is 1. The van der Waals surface area contributed by atoms with Crippen LogP contribution in [-0.2, 0) is 4.79 Å². The number of rotatable bonds is 3. The standard InChI is InChI=1S/C16H24N4O2/c1-11-4-5-14(8-12(11)2)18-16(22)19-15(21)10-20-7-6-17-9-13(20)3/h4-5,8,13,17H,6-7,9-10H2,1-3H3,(H2,18,19,21,22)/t13-/m0/s1. The Balaban J connectivity index is 1.83. The monoisotopic (exact) mass is 304 g/mol. The van der Waals surface area contributed by atoms with Crippen LogP contribution in [0.25, 0.3) is 0 Å². The van der Waals surface area contributed by atoms with Crippen molar-refractivity contribution in [2.24, 2.45) is 0 Å². The Morgan fingerprint density at radius 2 is 2.09 bits per heavy atom. The Morgan fingerprint density at radius 1 is 1.32 bits per heavy atom. The molecule has 0 bridgehead atoms. The third-order valence-electron chi connectivity index (χ3n) is 4.00. The molecule has 2 rings (SSSR count). The molecule has 22 heavy (non-hydrogen) atoms. The molecule has 120 valence electrons. The largest absolute Gasteiger partial charge is 0.325 e. The van der Waals surface area contributed by atoms with Crippen LogP contribution in [0.5, 0.6) is 0 Å². The molecule has 3 N–H and O–H groups in total. The van der Waals surface area contributed by atoms with Crippen LogP contribution in [0.4, 0.5) is 10.5 Å². The van der Waals surface area contributed by atoms with Crippen molar-refractivity contribution in [2.75, 3.05) is 31.5 Å². The fourth-order valence-corrected chi connectivity index (χ4v) is 2.45. The highest BCUT2D eigenvalue weighted by molar-refractivity contribution is 6.01. The van der Waals surface area contributed by atoms with Crippen molar-refractivity contribution in [1.29, 1.82) is 0 Å². The summed E-state index contributed by atoms with van der Waals surface area (Å²) in [4.78, 5) is 25.9. The van der Waals surface area contributed by atoms with Crippen LogP contribution < -0.4 is 16.0 Å². The van der Waals surface area contributed by atoms with Crippen LogP contribution >= 0.6 is 0 Å². The van der Waals surface area contributed by atoms with Crippen molar-refractivity contribution in [1.82, 2.24) is 15.5 Å². The van der Waals surface area contributed by atoms with E-state index < -0.39 is 6.03 Å². The normalized spacial score (nSPS) is 18.8. The third-order valence-corrected chi connectivity index (χ3v) is 4.00. The first-order valence-corrected chi connectivity index (χ1v) is 7.58. The van der Waals surface area contributed by atoms with Crippen molar-refractivity contribution in [3.63, 3.8) is 0 Å². The molecule has 1 aliphatic rings. The van der Waals surface area contributed by atoms with Crippen LogP contribution in [-0.4, -0.2) is 49.1 Å². The molecule has 1 aromatic carbocycles. The predicted molar refractivity (Wildman–Crippen MR) is 87.0 cm³/mol. The van der Waals surface area contributed by atoms with Gasteiger partial charge in [0.1, 0.15) is 0 Å². The molecule has 1 fully saturated rings. The van der Waals surface area contributed by atoms with E-state index in [1.54, 1.807) is 0 Å². The summed E-state index contributed by atoms with van der Waals surface area (Å²) in [5.41, 5.74) is 2.94. The Morgan fingerprint density at radius 3 is 2.77 bits per heavy atom. The predicted octanol–water partition coefficient (Wildman–Crippen LogP) is 1.25. The van der Waals surface area contributed by atoms with Crippen LogP contribution in [0, 0.1) is 13.8 Å². The van der Waals surface area contributed by atoms with Gasteiger partial charge in [-0.2, -0.15) is 0 Å². The lowest BCUT2D eigenvalue weighted by Gasteiger charge is -2.33. The zero-order valence-corrected chi connectivity index (χ0v) is 13.4. The summed E-state index contributed by atoms with van der Waals surface area (Å²) in [6, 6.07) is 5.45. The number of aryl methyl sites for hydroxylation is 2. The molecule has 1 aromatic rings. The summed E-state index contributed by atoms with van der Waals surface area (Å²) < 4.78 is 0. The summed E-state index contributed by atoms with van der Waals surface area (Å²) in [6.45, 7) is 8.84. The number of hydrogen-bond acceptors (Lipinski definition) is 4. The quantitative estimate of drug-likeness (QED) is 0.786. The second kappa shape index (κ2) is 7.38. The molecule has 0 aromatic heterocycles. The number of imide groups is 1. The van der Waals surface area contributed by atoms with E-state index in [1.165, 1.54) is 0 Å². The Labute approximate surface area is 131 Å². The van der Waals surface area contributed by atoms with E-state index in [-0.39, 0.29) is 12.5 Å². The van der Waals surface area contributed by atoms with Crippen molar-refractivity contribution < 1.29 is 9.59 Å². The fourth-order valence-electron chi connectivity index (χ4n) is 2.45. The molecule has 1 saturated heterocycles. The molecule has 3 amide bonds. The molecule has 6 nitrogen and oxygen atoms in total. The zero-order valence-electron chi connectivity index (χ0n) is 13.4. The topological polar surface area (TPSA) is 73.5 Å². The van der Waals surface area contributed by atoms with Gasteiger partial charge in [0, 0.05) is 31.4 Å². The molecular formula is C16H24N4O2. The van der Waals surface area contributed by atoms with Crippen LogP contribution in [0.1, 0.15) is 18.1 Å². The second-order valence-electron chi connectivity index (χ2n) is 5.82. The van der Waals surface area contributed by atoms with E-state index in [9.17, 15) is 9.59 Å². The molecular weight excluding hydrogens is 280 g/mol. The van der Waals surface area contributed by atoms with Gasteiger partial charge in [0.15, 0.2) is 0 Å². The van der Waals surface area contributed by atoms with Gasteiger partial charge in [0.05, 0.1) is 6.54 Å². The smallest absolute Gasteiger partial charge is 0.314 e. The van der Waals surface area contributed by atoms with E-state index in [4.69, 9.17) is 0 Å². The molecule has 0 unspecified atom stereocenters. The van der Waals surface area contributed by atoms with Gasteiger partial charge in [0.2, 0.25) is 5.91 Å². The van der Waals surface area contributed by atoms with Crippen molar-refractivity contribution in [3.05, 3.63) is 29.3 Å². The summed E-state index contributed by atoms with van der Waals surface area (Å²) >= 11 is 0. The lowest BCUT2D eigenvalue weighted by atomic mass is 10.1.